The van der Waals surface area contributed by atoms with Gasteiger partial charge in [0.05, 0.1) is 31.1 Å². The van der Waals surface area contributed by atoms with Crippen LogP contribution in [0.25, 0.3) is 0 Å². The Hall–Kier alpha value is -2.41. The molecule has 0 aliphatic carbocycles. The van der Waals surface area contributed by atoms with Crippen molar-refractivity contribution >= 4 is 18.3 Å². The Bertz CT molecular complexity index is 552. The van der Waals surface area contributed by atoms with E-state index in [1.54, 1.807) is 12.1 Å². The molecule has 2 N–H and O–H groups in total. The van der Waals surface area contributed by atoms with Crippen molar-refractivity contribution in [2.24, 2.45) is 5.92 Å². The van der Waals surface area contributed by atoms with Crippen molar-refractivity contribution in [2.75, 3.05) is 7.11 Å². The van der Waals surface area contributed by atoms with Gasteiger partial charge in [-0.1, -0.05) is 30.3 Å². The number of methoxy groups -OCH3 is 1. The third kappa shape index (κ3) is 6.37. The third-order valence-electron chi connectivity index (χ3n) is 3.53. The van der Waals surface area contributed by atoms with E-state index in [2.05, 4.69) is 10.1 Å². The summed E-state index contributed by atoms with van der Waals surface area (Å²) in [5.41, 5.74) is -0.626. The molecular weight excluding hydrogens is 314 g/mol. The van der Waals surface area contributed by atoms with Crippen LogP contribution < -0.4 is 5.32 Å². The first-order chi connectivity index (χ1) is 11.3. The number of aliphatic hydroxyl groups is 1. The number of alkyl carbamates (subject to hydrolysis) is 1. The second kappa shape index (κ2) is 9.02. The lowest BCUT2D eigenvalue weighted by atomic mass is 9.84. The van der Waals surface area contributed by atoms with Crippen LogP contribution in [0.15, 0.2) is 30.3 Å². The molecule has 0 unspecified atom stereocenters. The van der Waals surface area contributed by atoms with Gasteiger partial charge in [0.1, 0.15) is 12.9 Å². The van der Waals surface area contributed by atoms with Gasteiger partial charge in [-0.05, 0) is 19.4 Å². The summed E-state index contributed by atoms with van der Waals surface area (Å²) in [7, 11) is 1.20. The smallest absolute Gasteiger partial charge is 0.407 e. The van der Waals surface area contributed by atoms with Crippen molar-refractivity contribution in [1.82, 2.24) is 5.32 Å². The van der Waals surface area contributed by atoms with E-state index < -0.39 is 29.6 Å². The minimum Gasteiger partial charge on any atom is -0.469 e. The van der Waals surface area contributed by atoms with E-state index in [0.29, 0.717) is 6.29 Å². The fourth-order valence-corrected chi connectivity index (χ4v) is 2.20. The largest absolute Gasteiger partial charge is 0.469 e. The van der Waals surface area contributed by atoms with E-state index >= 15 is 0 Å². The summed E-state index contributed by atoms with van der Waals surface area (Å²) in [4.78, 5) is 34.8. The molecule has 0 saturated carbocycles. The van der Waals surface area contributed by atoms with Crippen LogP contribution in [0.4, 0.5) is 4.79 Å². The highest BCUT2D eigenvalue weighted by atomic mass is 16.5. The Morgan fingerprint density at radius 3 is 2.42 bits per heavy atom. The van der Waals surface area contributed by atoms with Crippen LogP contribution in [-0.4, -0.2) is 42.2 Å². The van der Waals surface area contributed by atoms with Crippen molar-refractivity contribution < 1.29 is 29.0 Å². The summed E-state index contributed by atoms with van der Waals surface area (Å²) in [5, 5.41) is 12.5. The van der Waals surface area contributed by atoms with Gasteiger partial charge in [0, 0.05) is 0 Å². The molecule has 0 radical (unpaired) electrons. The Kier molecular flexibility index (Phi) is 7.38. The summed E-state index contributed by atoms with van der Waals surface area (Å²) >= 11 is 0. The lowest BCUT2D eigenvalue weighted by Crippen LogP contribution is -2.50. The minimum atomic E-state index is -1.42. The summed E-state index contributed by atoms with van der Waals surface area (Å²) in [6.07, 6.45) is -0.543. The van der Waals surface area contributed by atoms with Crippen molar-refractivity contribution in [3.8, 4) is 0 Å². The molecule has 7 nitrogen and oxygen atoms in total. The molecule has 1 rings (SSSR count). The molecule has 0 spiro atoms. The number of amides is 1. The lowest BCUT2D eigenvalue weighted by Gasteiger charge is -2.31. The second-order valence-corrected chi connectivity index (χ2v) is 5.91. The van der Waals surface area contributed by atoms with Gasteiger partial charge in [-0.2, -0.15) is 0 Å². The molecule has 0 heterocycles. The molecule has 1 aromatic rings. The number of benzene rings is 1. The van der Waals surface area contributed by atoms with E-state index in [1.807, 2.05) is 18.2 Å². The average Bonchev–Trinajstić information content (AvgIpc) is 2.53. The van der Waals surface area contributed by atoms with Crippen LogP contribution in [0.3, 0.4) is 0 Å². The summed E-state index contributed by atoms with van der Waals surface area (Å²) in [6.45, 7) is 2.90. The maximum absolute atomic E-state index is 12.0. The quantitative estimate of drug-likeness (QED) is 0.550. The monoisotopic (exact) mass is 337 g/mol. The highest BCUT2D eigenvalue weighted by molar-refractivity contribution is 5.74. The number of aldehydes is 1. The number of hydrogen-bond donors (Lipinski definition) is 2. The summed E-state index contributed by atoms with van der Waals surface area (Å²) in [5.74, 6) is -1.61. The molecule has 24 heavy (non-hydrogen) atoms. The Morgan fingerprint density at radius 1 is 1.29 bits per heavy atom. The first-order valence-corrected chi connectivity index (χ1v) is 7.49. The third-order valence-corrected chi connectivity index (χ3v) is 3.53. The zero-order chi connectivity index (χ0) is 18.2. The molecule has 0 aliphatic rings. The van der Waals surface area contributed by atoms with Gasteiger partial charge >= 0.3 is 12.1 Å². The molecule has 1 aromatic carbocycles. The molecule has 0 bridgehead atoms. The lowest BCUT2D eigenvalue weighted by molar-refractivity contribution is -0.142. The zero-order valence-electron chi connectivity index (χ0n) is 14.0. The minimum absolute atomic E-state index is 0.0475. The van der Waals surface area contributed by atoms with E-state index in [9.17, 15) is 19.5 Å². The summed E-state index contributed by atoms with van der Waals surface area (Å²) in [6, 6.07) is 8.11. The predicted molar refractivity (Wildman–Crippen MR) is 86.0 cm³/mol. The fraction of sp³-hybridized carbons (Fsp3) is 0.471. The van der Waals surface area contributed by atoms with Crippen molar-refractivity contribution in [1.29, 1.82) is 0 Å². The number of ether oxygens (including phenoxy) is 2. The second-order valence-electron chi connectivity index (χ2n) is 5.91. The van der Waals surface area contributed by atoms with Gasteiger partial charge in [-0.25, -0.2) is 4.79 Å². The SMILES string of the molecule is COC(=O)C[C@H](NC(=O)OCc1ccccc1)[C@H](C=O)C(C)(C)O. The number of hydrogen-bond acceptors (Lipinski definition) is 6. The van der Waals surface area contributed by atoms with E-state index in [1.165, 1.54) is 21.0 Å². The van der Waals surface area contributed by atoms with Crippen LogP contribution in [0, 0.1) is 5.92 Å². The van der Waals surface area contributed by atoms with Gasteiger partial charge in [0.15, 0.2) is 0 Å². The van der Waals surface area contributed by atoms with Crippen LogP contribution in [0.5, 0.6) is 0 Å². The van der Waals surface area contributed by atoms with Crippen molar-refractivity contribution in [2.45, 2.75) is 38.5 Å². The normalized spacial score (nSPS) is 13.5. The molecule has 0 fully saturated rings. The number of esters is 1. The van der Waals surface area contributed by atoms with Gasteiger partial charge in [-0.3, -0.25) is 4.79 Å². The number of carbonyl (C=O) groups is 3. The number of nitrogens with one attached hydrogen (secondary N) is 1. The molecule has 0 aliphatic heterocycles. The predicted octanol–water partition coefficient (Wildman–Crippen LogP) is 1.43. The zero-order valence-corrected chi connectivity index (χ0v) is 14.0. The van der Waals surface area contributed by atoms with Crippen LogP contribution in [0.2, 0.25) is 0 Å². The van der Waals surface area contributed by atoms with Gasteiger partial charge in [0.2, 0.25) is 0 Å². The average molecular weight is 337 g/mol. The van der Waals surface area contributed by atoms with E-state index in [4.69, 9.17) is 4.74 Å². The highest BCUT2D eigenvalue weighted by Gasteiger charge is 2.36. The molecule has 7 heteroatoms. The number of carbonyl (C=O) groups excluding carboxylic acids is 3. The Morgan fingerprint density at radius 2 is 1.92 bits per heavy atom. The first-order valence-electron chi connectivity index (χ1n) is 7.49. The number of rotatable bonds is 8. The van der Waals surface area contributed by atoms with Crippen LogP contribution >= 0.6 is 0 Å². The van der Waals surface area contributed by atoms with Gasteiger partial charge in [0.25, 0.3) is 0 Å². The van der Waals surface area contributed by atoms with Crippen LogP contribution in [-0.2, 0) is 25.7 Å². The first kappa shape index (κ1) is 19.6. The van der Waals surface area contributed by atoms with E-state index in [-0.39, 0.29) is 13.0 Å². The van der Waals surface area contributed by atoms with Crippen molar-refractivity contribution in [3.63, 3.8) is 0 Å². The topological polar surface area (TPSA) is 102 Å². The maximum Gasteiger partial charge on any atom is 0.407 e. The Labute approximate surface area is 141 Å². The molecule has 2 atom stereocenters. The van der Waals surface area contributed by atoms with Gasteiger partial charge < -0.3 is 24.7 Å². The highest BCUT2D eigenvalue weighted by Crippen LogP contribution is 2.21. The standard InChI is InChI=1S/C17H23NO6/c1-17(2,22)13(10-19)14(9-15(20)23-3)18-16(21)24-11-12-7-5-4-6-8-12/h4-8,10,13-14,22H,9,11H2,1-3H3,(H,18,21)/t13-,14-/m0/s1. The molecular formula is C17H23NO6. The molecule has 132 valence electrons. The fourth-order valence-electron chi connectivity index (χ4n) is 2.20. The molecule has 0 saturated heterocycles. The molecule has 0 aromatic heterocycles. The van der Waals surface area contributed by atoms with Gasteiger partial charge in [-0.15, -0.1) is 0 Å². The molecule has 1 amide bonds. The van der Waals surface area contributed by atoms with Crippen molar-refractivity contribution in [3.05, 3.63) is 35.9 Å². The maximum atomic E-state index is 12.0. The van der Waals surface area contributed by atoms with Crippen LogP contribution in [0.1, 0.15) is 25.8 Å². The van der Waals surface area contributed by atoms with E-state index in [0.717, 1.165) is 5.56 Å². The Balaban J connectivity index is 2.74. The summed E-state index contributed by atoms with van der Waals surface area (Å²) < 4.78 is 9.65.